The van der Waals surface area contributed by atoms with Crippen LogP contribution < -0.4 is 5.69 Å². The number of hydrogen-bond donors (Lipinski definition) is 0. The molecule has 1 aliphatic rings. The first-order valence-electron chi connectivity index (χ1n) is 7.13. The van der Waals surface area contributed by atoms with E-state index in [9.17, 15) is 4.79 Å². The van der Waals surface area contributed by atoms with Gasteiger partial charge in [0.1, 0.15) is 0 Å². The second-order valence-electron chi connectivity index (χ2n) is 6.74. The number of imidazole rings is 1. The van der Waals surface area contributed by atoms with Crippen molar-refractivity contribution >= 4 is 0 Å². The molecule has 0 atom stereocenters. The van der Waals surface area contributed by atoms with Gasteiger partial charge in [0.25, 0.3) is 0 Å². The summed E-state index contributed by atoms with van der Waals surface area (Å²) in [6.45, 7) is 13.0. The van der Waals surface area contributed by atoms with Crippen LogP contribution in [0, 0.1) is 0 Å². The largest absolute Gasteiger partial charge is 0.329 e. The topological polar surface area (TPSA) is 26.9 Å². The van der Waals surface area contributed by atoms with E-state index in [2.05, 4.69) is 41.5 Å². The fourth-order valence-corrected chi connectivity index (χ4v) is 3.36. The van der Waals surface area contributed by atoms with Crippen LogP contribution in [0.4, 0.5) is 0 Å². The van der Waals surface area contributed by atoms with Crippen molar-refractivity contribution in [1.29, 1.82) is 0 Å². The van der Waals surface area contributed by atoms with Crippen LogP contribution >= 0.6 is 0 Å². The maximum absolute atomic E-state index is 12.7. The quantitative estimate of drug-likeness (QED) is 0.790. The Bertz CT molecular complexity index is 503. The van der Waals surface area contributed by atoms with Crippen molar-refractivity contribution < 1.29 is 0 Å². The van der Waals surface area contributed by atoms with Crippen molar-refractivity contribution in [3.8, 4) is 0 Å². The van der Waals surface area contributed by atoms with Gasteiger partial charge in [-0.3, -0.25) is 9.13 Å². The first-order valence-corrected chi connectivity index (χ1v) is 7.13. The van der Waals surface area contributed by atoms with Crippen molar-refractivity contribution in [3.63, 3.8) is 0 Å². The van der Waals surface area contributed by atoms with Crippen LogP contribution in [-0.2, 0) is 11.8 Å². The summed E-state index contributed by atoms with van der Waals surface area (Å²) in [6.07, 6.45) is 3.41. The maximum atomic E-state index is 12.7. The molecule has 0 aliphatic heterocycles. The molecule has 0 saturated heterocycles. The molecule has 18 heavy (non-hydrogen) atoms. The third kappa shape index (κ3) is 1.84. The molecule has 1 aromatic rings. The average Bonchev–Trinajstić information content (AvgIpc) is 2.51. The molecule has 3 heteroatoms. The third-order valence-electron chi connectivity index (χ3n) is 4.11. The molecule has 0 fully saturated rings. The number of fused-ring (bicyclic) bond motifs is 1. The smallest absolute Gasteiger partial charge is 0.294 e. The van der Waals surface area contributed by atoms with Gasteiger partial charge in [-0.15, -0.1) is 0 Å². The minimum Gasteiger partial charge on any atom is -0.294 e. The molecule has 3 nitrogen and oxygen atoms in total. The zero-order chi connectivity index (χ0) is 13.7. The Kier molecular flexibility index (Phi) is 3.20. The zero-order valence-electron chi connectivity index (χ0n) is 12.6. The van der Waals surface area contributed by atoms with Gasteiger partial charge in [-0.1, -0.05) is 13.8 Å². The highest BCUT2D eigenvalue weighted by Crippen LogP contribution is 2.38. The van der Waals surface area contributed by atoms with E-state index >= 15 is 0 Å². The molecule has 1 heterocycles. The molecular formula is C15H26N2O. The molecule has 2 rings (SSSR count). The molecule has 0 saturated carbocycles. The Morgan fingerprint density at radius 3 is 2.11 bits per heavy atom. The fraction of sp³-hybridized carbons (Fsp3) is 0.800. The lowest BCUT2D eigenvalue weighted by molar-refractivity contribution is 0.382. The van der Waals surface area contributed by atoms with Crippen LogP contribution in [0.1, 0.15) is 77.9 Å². The Balaban J connectivity index is 2.80. The standard InChI is InChI=1S/C15H26N2O/c1-10(2)16-12-8-7-9-15(5,6)13(12)17(11(3)4)14(16)18/h10-11H,7-9H2,1-6H3. The summed E-state index contributed by atoms with van der Waals surface area (Å²) in [5.74, 6) is 0. The van der Waals surface area contributed by atoms with E-state index in [-0.39, 0.29) is 23.2 Å². The van der Waals surface area contributed by atoms with E-state index < -0.39 is 0 Å². The Hall–Kier alpha value is -0.990. The maximum Gasteiger partial charge on any atom is 0.329 e. The summed E-state index contributed by atoms with van der Waals surface area (Å²) in [6, 6.07) is 0.490. The minimum absolute atomic E-state index is 0.122. The monoisotopic (exact) mass is 250 g/mol. The Morgan fingerprint density at radius 2 is 1.61 bits per heavy atom. The summed E-state index contributed by atoms with van der Waals surface area (Å²) in [4.78, 5) is 12.7. The molecule has 1 aromatic heterocycles. The number of aromatic nitrogens is 2. The summed E-state index contributed by atoms with van der Waals surface area (Å²) >= 11 is 0. The molecule has 0 radical (unpaired) electrons. The van der Waals surface area contributed by atoms with Crippen molar-refractivity contribution in [2.45, 2.75) is 78.3 Å². The SMILES string of the molecule is CC(C)n1c2c(n(C(C)C)c1=O)C(C)(C)CCC2. The number of hydrogen-bond acceptors (Lipinski definition) is 1. The van der Waals surface area contributed by atoms with Crippen molar-refractivity contribution in [1.82, 2.24) is 9.13 Å². The Morgan fingerprint density at radius 1 is 1.06 bits per heavy atom. The van der Waals surface area contributed by atoms with Gasteiger partial charge in [-0.05, 0) is 47.0 Å². The van der Waals surface area contributed by atoms with Crippen LogP contribution in [0.5, 0.6) is 0 Å². The first kappa shape index (κ1) is 13.4. The molecule has 0 aromatic carbocycles. The average molecular weight is 250 g/mol. The zero-order valence-corrected chi connectivity index (χ0v) is 12.6. The van der Waals surface area contributed by atoms with Crippen LogP contribution in [0.25, 0.3) is 0 Å². The lowest BCUT2D eigenvalue weighted by atomic mass is 9.77. The molecule has 0 amide bonds. The van der Waals surface area contributed by atoms with Gasteiger partial charge in [0.2, 0.25) is 0 Å². The van der Waals surface area contributed by atoms with Gasteiger partial charge in [0.05, 0.1) is 0 Å². The lowest BCUT2D eigenvalue weighted by Crippen LogP contribution is -2.31. The lowest BCUT2D eigenvalue weighted by Gasteiger charge is -2.32. The second kappa shape index (κ2) is 4.29. The van der Waals surface area contributed by atoms with Crippen molar-refractivity contribution in [2.24, 2.45) is 0 Å². The number of rotatable bonds is 2. The van der Waals surface area contributed by atoms with E-state index in [0.717, 1.165) is 6.42 Å². The van der Waals surface area contributed by atoms with Crippen LogP contribution in [0.2, 0.25) is 0 Å². The van der Waals surface area contributed by atoms with Crippen molar-refractivity contribution in [3.05, 3.63) is 21.9 Å². The van der Waals surface area contributed by atoms with Gasteiger partial charge in [-0.2, -0.15) is 0 Å². The third-order valence-corrected chi connectivity index (χ3v) is 4.11. The fourth-order valence-electron chi connectivity index (χ4n) is 3.36. The van der Waals surface area contributed by atoms with E-state index in [1.165, 1.54) is 24.2 Å². The van der Waals surface area contributed by atoms with Gasteiger partial charge in [-0.25, -0.2) is 4.79 Å². The second-order valence-corrected chi connectivity index (χ2v) is 6.74. The van der Waals surface area contributed by atoms with E-state index in [4.69, 9.17) is 0 Å². The molecule has 0 N–H and O–H groups in total. The number of nitrogens with zero attached hydrogens (tertiary/aromatic N) is 2. The van der Waals surface area contributed by atoms with Gasteiger partial charge < -0.3 is 0 Å². The van der Waals surface area contributed by atoms with Crippen LogP contribution in [-0.4, -0.2) is 9.13 Å². The summed E-state index contributed by atoms with van der Waals surface area (Å²) in [5.41, 5.74) is 2.86. The Labute approximate surface area is 110 Å². The summed E-state index contributed by atoms with van der Waals surface area (Å²) < 4.78 is 4.03. The highest BCUT2D eigenvalue weighted by atomic mass is 16.2. The molecule has 102 valence electrons. The predicted octanol–water partition coefficient (Wildman–Crippen LogP) is 3.43. The predicted molar refractivity (Wildman–Crippen MR) is 75.4 cm³/mol. The van der Waals surface area contributed by atoms with E-state index in [0.29, 0.717) is 0 Å². The van der Waals surface area contributed by atoms with E-state index in [1.807, 2.05) is 9.13 Å². The highest BCUT2D eigenvalue weighted by molar-refractivity contribution is 5.28. The van der Waals surface area contributed by atoms with Crippen LogP contribution in [0.15, 0.2) is 4.79 Å². The summed E-state index contributed by atoms with van der Waals surface area (Å²) in [7, 11) is 0. The van der Waals surface area contributed by atoms with Gasteiger partial charge >= 0.3 is 5.69 Å². The first-order chi connectivity index (χ1) is 8.27. The molecular weight excluding hydrogens is 224 g/mol. The molecule has 0 spiro atoms. The summed E-state index contributed by atoms with van der Waals surface area (Å²) in [5, 5.41) is 0. The highest BCUT2D eigenvalue weighted by Gasteiger charge is 2.35. The normalized spacial score (nSPS) is 18.4. The van der Waals surface area contributed by atoms with Gasteiger partial charge in [0.15, 0.2) is 0 Å². The minimum atomic E-state index is 0.122. The molecule has 1 aliphatic carbocycles. The molecule has 0 bridgehead atoms. The van der Waals surface area contributed by atoms with Gasteiger partial charge in [0, 0.05) is 28.9 Å². The van der Waals surface area contributed by atoms with Crippen molar-refractivity contribution in [2.75, 3.05) is 0 Å². The molecule has 0 unspecified atom stereocenters. The van der Waals surface area contributed by atoms with E-state index in [1.54, 1.807) is 0 Å². The van der Waals surface area contributed by atoms with Crippen LogP contribution in [0.3, 0.4) is 0 Å².